The molecule has 0 bridgehead atoms. The quantitative estimate of drug-likeness (QED) is 0.611. The number of ketones is 1. The van der Waals surface area contributed by atoms with Gasteiger partial charge in [0.2, 0.25) is 0 Å². The summed E-state index contributed by atoms with van der Waals surface area (Å²) in [6, 6.07) is 7.84. The Kier molecular flexibility index (Phi) is 5.56. The summed E-state index contributed by atoms with van der Waals surface area (Å²) in [5.41, 5.74) is 6.25. The van der Waals surface area contributed by atoms with E-state index in [-0.39, 0.29) is 11.7 Å². The van der Waals surface area contributed by atoms with Crippen LogP contribution in [-0.2, 0) is 0 Å². The largest absolute Gasteiger partial charge is 0.330 e. The molecule has 1 aromatic rings. The molecule has 0 fully saturated rings. The maximum atomic E-state index is 11.9. The summed E-state index contributed by atoms with van der Waals surface area (Å²) in [4.78, 5) is 13.2. The van der Waals surface area contributed by atoms with E-state index < -0.39 is 0 Å². The fraction of sp³-hybridized carbons (Fsp3) is 0.462. The van der Waals surface area contributed by atoms with E-state index >= 15 is 0 Å². The van der Waals surface area contributed by atoms with Gasteiger partial charge in [0.05, 0.1) is 0 Å². The molecule has 0 radical (unpaired) electrons. The van der Waals surface area contributed by atoms with Crippen LogP contribution in [0.1, 0.15) is 30.6 Å². The van der Waals surface area contributed by atoms with Crippen molar-refractivity contribution in [1.29, 1.82) is 0 Å². The number of rotatable bonds is 6. The van der Waals surface area contributed by atoms with E-state index in [9.17, 15) is 4.79 Å². The van der Waals surface area contributed by atoms with E-state index in [1.807, 2.05) is 31.2 Å². The van der Waals surface area contributed by atoms with Gasteiger partial charge in [-0.25, -0.2) is 0 Å². The molecule has 0 aliphatic heterocycles. The summed E-state index contributed by atoms with van der Waals surface area (Å²) in [6.45, 7) is 4.62. The molecule has 0 saturated carbocycles. The fourth-order valence-corrected chi connectivity index (χ4v) is 2.21. The van der Waals surface area contributed by atoms with Crippen molar-refractivity contribution in [3.05, 3.63) is 29.8 Å². The monoisotopic (exact) mass is 237 g/mol. The number of Topliss-reactive ketones (excluding diaryl/α,β-unsaturated/α-hetero) is 1. The molecular formula is C13H19NOS. The van der Waals surface area contributed by atoms with Gasteiger partial charge in [-0.3, -0.25) is 4.79 Å². The first-order chi connectivity index (χ1) is 7.69. The van der Waals surface area contributed by atoms with Gasteiger partial charge in [0.1, 0.15) is 0 Å². The Morgan fingerprint density at radius 3 is 2.50 bits per heavy atom. The molecule has 16 heavy (non-hydrogen) atoms. The lowest BCUT2D eigenvalue weighted by Gasteiger charge is -2.09. The molecule has 1 atom stereocenters. The third-order valence-corrected chi connectivity index (χ3v) is 3.39. The SMILES string of the molecule is CCSc1ccc(C(=O)C(C)CCN)cc1. The first-order valence-electron chi connectivity index (χ1n) is 5.66. The highest BCUT2D eigenvalue weighted by molar-refractivity contribution is 7.99. The molecule has 0 aliphatic rings. The van der Waals surface area contributed by atoms with E-state index in [1.54, 1.807) is 11.8 Å². The van der Waals surface area contributed by atoms with Gasteiger partial charge in [0.25, 0.3) is 0 Å². The van der Waals surface area contributed by atoms with Crippen LogP contribution in [0.15, 0.2) is 29.2 Å². The minimum absolute atomic E-state index is 0.0229. The maximum Gasteiger partial charge on any atom is 0.165 e. The van der Waals surface area contributed by atoms with Gasteiger partial charge in [0, 0.05) is 16.4 Å². The van der Waals surface area contributed by atoms with Crippen molar-refractivity contribution in [3.63, 3.8) is 0 Å². The van der Waals surface area contributed by atoms with Crippen molar-refractivity contribution < 1.29 is 4.79 Å². The number of carbonyl (C=O) groups excluding carboxylic acids is 1. The molecule has 1 unspecified atom stereocenters. The molecule has 1 rings (SSSR count). The molecule has 2 nitrogen and oxygen atoms in total. The van der Waals surface area contributed by atoms with Gasteiger partial charge in [-0.05, 0) is 30.9 Å². The van der Waals surface area contributed by atoms with E-state index in [0.29, 0.717) is 6.54 Å². The number of thioether (sulfide) groups is 1. The Hall–Kier alpha value is -0.800. The summed E-state index contributed by atoms with van der Waals surface area (Å²) in [5, 5.41) is 0. The number of hydrogen-bond donors (Lipinski definition) is 1. The zero-order chi connectivity index (χ0) is 12.0. The standard InChI is InChI=1S/C13H19NOS/c1-3-16-12-6-4-11(5-7-12)13(15)10(2)8-9-14/h4-7,10H,3,8-9,14H2,1-2H3. The highest BCUT2D eigenvalue weighted by atomic mass is 32.2. The van der Waals surface area contributed by atoms with E-state index in [4.69, 9.17) is 5.73 Å². The summed E-state index contributed by atoms with van der Waals surface area (Å²) in [5.74, 6) is 1.27. The lowest BCUT2D eigenvalue weighted by Crippen LogP contribution is -2.15. The van der Waals surface area contributed by atoms with Crippen LogP contribution in [0, 0.1) is 5.92 Å². The van der Waals surface area contributed by atoms with Gasteiger partial charge >= 0.3 is 0 Å². The van der Waals surface area contributed by atoms with Crippen LogP contribution < -0.4 is 5.73 Å². The zero-order valence-electron chi connectivity index (χ0n) is 9.90. The average molecular weight is 237 g/mol. The predicted molar refractivity (Wildman–Crippen MR) is 70.0 cm³/mol. The van der Waals surface area contributed by atoms with Crippen LogP contribution >= 0.6 is 11.8 Å². The molecule has 0 aromatic heterocycles. The van der Waals surface area contributed by atoms with Crippen LogP contribution in [-0.4, -0.2) is 18.1 Å². The molecule has 3 heteroatoms. The Balaban J connectivity index is 2.69. The van der Waals surface area contributed by atoms with Gasteiger partial charge in [-0.1, -0.05) is 26.0 Å². The van der Waals surface area contributed by atoms with Crippen molar-refractivity contribution in [2.45, 2.75) is 25.2 Å². The van der Waals surface area contributed by atoms with Gasteiger partial charge in [0.15, 0.2) is 5.78 Å². The molecule has 0 spiro atoms. The van der Waals surface area contributed by atoms with Crippen LogP contribution in [0.2, 0.25) is 0 Å². The number of carbonyl (C=O) groups is 1. The Bertz CT molecular complexity index is 334. The number of hydrogen-bond acceptors (Lipinski definition) is 3. The summed E-state index contributed by atoms with van der Waals surface area (Å²) >= 11 is 1.78. The topological polar surface area (TPSA) is 43.1 Å². The van der Waals surface area contributed by atoms with Crippen molar-refractivity contribution in [1.82, 2.24) is 0 Å². The molecule has 88 valence electrons. The third kappa shape index (κ3) is 3.65. The smallest absolute Gasteiger partial charge is 0.165 e. The molecule has 0 saturated heterocycles. The summed E-state index contributed by atoms with van der Waals surface area (Å²) < 4.78 is 0. The lowest BCUT2D eigenvalue weighted by molar-refractivity contribution is 0.0925. The molecule has 0 amide bonds. The summed E-state index contributed by atoms with van der Waals surface area (Å²) in [7, 11) is 0. The predicted octanol–water partition coefficient (Wildman–Crippen LogP) is 2.97. The molecule has 0 aliphatic carbocycles. The molecule has 2 N–H and O–H groups in total. The van der Waals surface area contributed by atoms with E-state index in [0.717, 1.165) is 17.7 Å². The second kappa shape index (κ2) is 6.71. The first kappa shape index (κ1) is 13.3. The lowest BCUT2D eigenvalue weighted by atomic mass is 9.97. The zero-order valence-corrected chi connectivity index (χ0v) is 10.7. The van der Waals surface area contributed by atoms with Gasteiger partial charge in [-0.2, -0.15) is 0 Å². The van der Waals surface area contributed by atoms with Crippen LogP contribution in [0.3, 0.4) is 0 Å². The van der Waals surface area contributed by atoms with Gasteiger partial charge < -0.3 is 5.73 Å². The second-order valence-electron chi connectivity index (χ2n) is 3.80. The van der Waals surface area contributed by atoms with Crippen molar-refractivity contribution >= 4 is 17.5 Å². The van der Waals surface area contributed by atoms with Crippen molar-refractivity contribution in [2.24, 2.45) is 11.7 Å². The normalized spacial score (nSPS) is 12.4. The highest BCUT2D eigenvalue weighted by Gasteiger charge is 2.13. The Labute approximate surface area is 102 Å². The molecule has 0 heterocycles. The average Bonchev–Trinajstić information content (AvgIpc) is 2.30. The van der Waals surface area contributed by atoms with Crippen molar-refractivity contribution in [2.75, 3.05) is 12.3 Å². The number of nitrogens with two attached hydrogens (primary N) is 1. The molecular weight excluding hydrogens is 218 g/mol. The molecule has 1 aromatic carbocycles. The fourth-order valence-electron chi connectivity index (χ4n) is 1.55. The maximum absolute atomic E-state index is 11.9. The number of benzene rings is 1. The van der Waals surface area contributed by atoms with Crippen LogP contribution in [0.25, 0.3) is 0 Å². The van der Waals surface area contributed by atoms with E-state index in [1.165, 1.54) is 4.90 Å². The van der Waals surface area contributed by atoms with Crippen molar-refractivity contribution in [3.8, 4) is 0 Å². The highest BCUT2D eigenvalue weighted by Crippen LogP contribution is 2.19. The second-order valence-corrected chi connectivity index (χ2v) is 5.14. The Morgan fingerprint density at radius 1 is 1.38 bits per heavy atom. The minimum atomic E-state index is 0.0229. The minimum Gasteiger partial charge on any atom is -0.330 e. The first-order valence-corrected chi connectivity index (χ1v) is 6.64. The van der Waals surface area contributed by atoms with Crippen LogP contribution in [0.5, 0.6) is 0 Å². The summed E-state index contributed by atoms with van der Waals surface area (Å²) in [6.07, 6.45) is 0.754. The van der Waals surface area contributed by atoms with E-state index in [2.05, 4.69) is 6.92 Å². The van der Waals surface area contributed by atoms with Gasteiger partial charge in [-0.15, -0.1) is 11.8 Å². The third-order valence-electron chi connectivity index (χ3n) is 2.50. The Morgan fingerprint density at radius 2 is 2.00 bits per heavy atom. The van der Waals surface area contributed by atoms with Crippen LogP contribution in [0.4, 0.5) is 0 Å².